The van der Waals surface area contributed by atoms with E-state index >= 15 is 0 Å². The minimum absolute atomic E-state index is 0.129. The molecule has 104 valence electrons. The summed E-state index contributed by atoms with van der Waals surface area (Å²) in [6.07, 6.45) is 4.57. The number of hydrogen-bond donors (Lipinski definition) is 1. The third-order valence-electron chi connectivity index (χ3n) is 2.62. The minimum atomic E-state index is -0.230. The molecule has 2 aromatic heterocycles. The van der Waals surface area contributed by atoms with Crippen molar-refractivity contribution < 1.29 is 4.79 Å². The van der Waals surface area contributed by atoms with Gasteiger partial charge >= 0.3 is 0 Å². The summed E-state index contributed by atoms with van der Waals surface area (Å²) in [5.41, 5.74) is 1.01. The van der Waals surface area contributed by atoms with Gasteiger partial charge in [0.15, 0.2) is 0 Å². The largest absolute Gasteiger partial charge is 0.350 e. The molecule has 0 radical (unpaired) electrons. The molecule has 0 aliphatic carbocycles. The van der Waals surface area contributed by atoms with E-state index in [1.54, 1.807) is 19.2 Å². The van der Waals surface area contributed by atoms with Gasteiger partial charge in [0.05, 0.1) is 11.9 Å². The third kappa shape index (κ3) is 3.74. The summed E-state index contributed by atoms with van der Waals surface area (Å²) in [5, 5.41) is 2.73. The van der Waals surface area contributed by atoms with Crippen LogP contribution in [0, 0.1) is 6.92 Å². The molecule has 6 nitrogen and oxygen atoms in total. The van der Waals surface area contributed by atoms with Crippen LogP contribution in [0.5, 0.6) is 0 Å². The van der Waals surface area contributed by atoms with E-state index in [9.17, 15) is 9.59 Å². The number of nitrogens with one attached hydrogen (secondary N) is 1. The van der Waals surface area contributed by atoms with Crippen molar-refractivity contribution in [3.63, 3.8) is 0 Å². The standard InChI is InChI=1S/C13H13BrN4O2/c1-9-4-12(19)18(8-17-9)3-2-16-13(20)10-5-11(14)7-15-6-10/h4-8H,2-3H2,1H3,(H,16,20). The number of nitrogens with zero attached hydrogens (tertiary/aromatic N) is 3. The second-order valence-corrected chi connectivity index (χ2v) is 5.13. The Labute approximate surface area is 124 Å². The summed E-state index contributed by atoms with van der Waals surface area (Å²) in [5.74, 6) is -0.230. The summed E-state index contributed by atoms with van der Waals surface area (Å²) in [7, 11) is 0. The lowest BCUT2D eigenvalue weighted by atomic mass is 10.3. The molecule has 2 heterocycles. The molecule has 1 N–H and O–H groups in total. The maximum atomic E-state index is 11.9. The van der Waals surface area contributed by atoms with Crippen LogP contribution in [0.4, 0.5) is 0 Å². The zero-order chi connectivity index (χ0) is 14.5. The predicted molar refractivity (Wildman–Crippen MR) is 77.5 cm³/mol. The van der Waals surface area contributed by atoms with E-state index in [2.05, 4.69) is 31.2 Å². The first kappa shape index (κ1) is 14.4. The zero-order valence-corrected chi connectivity index (χ0v) is 12.4. The first-order chi connectivity index (χ1) is 9.56. The van der Waals surface area contributed by atoms with Crippen molar-refractivity contribution in [1.82, 2.24) is 19.9 Å². The number of carbonyl (C=O) groups excluding carboxylic acids is 1. The summed E-state index contributed by atoms with van der Waals surface area (Å²) in [4.78, 5) is 31.4. The predicted octanol–water partition coefficient (Wildman–Crippen LogP) is 1.14. The molecule has 0 aromatic carbocycles. The van der Waals surface area contributed by atoms with Gasteiger partial charge in [0.2, 0.25) is 0 Å². The molecule has 2 aromatic rings. The van der Waals surface area contributed by atoms with Gasteiger partial charge in [0.25, 0.3) is 11.5 Å². The fraction of sp³-hybridized carbons (Fsp3) is 0.231. The Kier molecular flexibility index (Phi) is 4.62. The number of halogens is 1. The van der Waals surface area contributed by atoms with Gasteiger partial charge < -0.3 is 5.32 Å². The van der Waals surface area contributed by atoms with Crippen LogP contribution in [0.3, 0.4) is 0 Å². The number of hydrogen-bond acceptors (Lipinski definition) is 4. The van der Waals surface area contributed by atoms with Crippen molar-refractivity contribution >= 4 is 21.8 Å². The normalized spacial score (nSPS) is 10.3. The van der Waals surface area contributed by atoms with Crippen LogP contribution in [-0.4, -0.2) is 27.0 Å². The highest BCUT2D eigenvalue weighted by molar-refractivity contribution is 9.10. The van der Waals surface area contributed by atoms with Gasteiger partial charge in [-0.1, -0.05) is 0 Å². The molecule has 20 heavy (non-hydrogen) atoms. The Hall–Kier alpha value is -2.02. The zero-order valence-electron chi connectivity index (χ0n) is 10.8. The SMILES string of the molecule is Cc1cc(=O)n(CCNC(=O)c2cncc(Br)c2)cn1. The maximum absolute atomic E-state index is 11.9. The molecule has 0 atom stereocenters. The molecule has 0 bridgehead atoms. The third-order valence-corrected chi connectivity index (χ3v) is 3.06. The Morgan fingerprint density at radius 3 is 2.90 bits per heavy atom. The Morgan fingerprint density at radius 1 is 1.40 bits per heavy atom. The first-order valence-electron chi connectivity index (χ1n) is 5.98. The number of pyridine rings is 1. The fourth-order valence-electron chi connectivity index (χ4n) is 1.61. The number of amides is 1. The molecule has 0 saturated heterocycles. The Balaban J connectivity index is 1.93. The summed E-state index contributed by atoms with van der Waals surface area (Å²) in [6.45, 7) is 2.48. The number of rotatable bonds is 4. The van der Waals surface area contributed by atoms with Crippen LogP contribution < -0.4 is 10.9 Å². The van der Waals surface area contributed by atoms with Crippen LogP contribution >= 0.6 is 15.9 Å². The van der Waals surface area contributed by atoms with Gasteiger partial charge in [0, 0.05) is 41.7 Å². The van der Waals surface area contributed by atoms with Crippen molar-refractivity contribution in [3.05, 3.63) is 56.9 Å². The summed E-state index contributed by atoms with van der Waals surface area (Å²) in [6, 6.07) is 3.14. The van der Waals surface area contributed by atoms with Crippen molar-refractivity contribution in [2.24, 2.45) is 0 Å². The number of carbonyl (C=O) groups is 1. The van der Waals surface area contributed by atoms with E-state index in [-0.39, 0.29) is 11.5 Å². The second-order valence-electron chi connectivity index (χ2n) is 4.21. The van der Waals surface area contributed by atoms with Gasteiger partial charge in [-0.05, 0) is 28.9 Å². The lowest BCUT2D eigenvalue weighted by Gasteiger charge is -2.07. The average molecular weight is 337 g/mol. The van der Waals surface area contributed by atoms with Crippen molar-refractivity contribution in [2.45, 2.75) is 13.5 Å². The van der Waals surface area contributed by atoms with Crippen molar-refractivity contribution in [2.75, 3.05) is 6.54 Å². The first-order valence-corrected chi connectivity index (χ1v) is 6.77. The maximum Gasteiger partial charge on any atom is 0.253 e. The van der Waals surface area contributed by atoms with Crippen molar-refractivity contribution in [3.8, 4) is 0 Å². The molecule has 0 saturated carbocycles. The van der Waals surface area contributed by atoms with Gasteiger partial charge in [-0.2, -0.15) is 0 Å². The Bertz CT molecular complexity index is 684. The molecular weight excluding hydrogens is 324 g/mol. The molecule has 2 rings (SSSR count). The molecule has 7 heteroatoms. The van der Waals surface area contributed by atoms with E-state index in [1.165, 1.54) is 23.2 Å². The summed E-state index contributed by atoms with van der Waals surface area (Å²) < 4.78 is 2.19. The lowest BCUT2D eigenvalue weighted by Crippen LogP contribution is -2.30. The van der Waals surface area contributed by atoms with Crippen LogP contribution in [0.2, 0.25) is 0 Å². The van der Waals surface area contributed by atoms with Crippen LogP contribution in [-0.2, 0) is 6.54 Å². The van der Waals surface area contributed by atoms with Crippen molar-refractivity contribution in [1.29, 1.82) is 0 Å². The van der Waals surface area contributed by atoms with Crippen LogP contribution in [0.25, 0.3) is 0 Å². The van der Waals surface area contributed by atoms with E-state index in [0.717, 1.165) is 4.47 Å². The van der Waals surface area contributed by atoms with E-state index in [4.69, 9.17) is 0 Å². The average Bonchev–Trinajstić information content (AvgIpc) is 2.41. The molecule has 0 aliphatic heterocycles. The molecule has 0 aliphatic rings. The minimum Gasteiger partial charge on any atom is -0.350 e. The highest BCUT2D eigenvalue weighted by Crippen LogP contribution is 2.09. The molecule has 1 amide bonds. The van der Waals surface area contributed by atoms with Crippen LogP contribution in [0.15, 0.2) is 40.1 Å². The molecular formula is C13H13BrN4O2. The van der Waals surface area contributed by atoms with Gasteiger partial charge in [-0.25, -0.2) is 4.98 Å². The fourth-order valence-corrected chi connectivity index (χ4v) is 1.98. The van der Waals surface area contributed by atoms with E-state index in [0.29, 0.717) is 24.3 Å². The molecule has 0 spiro atoms. The number of aryl methyl sites for hydroxylation is 1. The van der Waals surface area contributed by atoms with E-state index in [1.807, 2.05) is 0 Å². The lowest BCUT2D eigenvalue weighted by molar-refractivity contribution is 0.0951. The van der Waals surface area contributed by atoms with Crippen LogP contribution in [0.1, 0.15) is 16.1 Å². The number of aromatic nitrogens is 3. The van der Waals surface area contributed by atoms with Gasteiger partial charge in [-0.15, -0.1) is 0 Å². The smallest absolute Gasteiger partial charge is 0.253 e. The molecule has 0 unspecified atom stereocenters. The van der Waals surface area contributed by atoms with Gasteiger partial charge in [-0.3, -0.25) is 19.1 Å². The highest BCUT2D eigenvalue weighted by Gasteiger charge is 2.06. The highest BCUT2D eigenvalue weighted by atomic mass is 79.9. The quantitative estimate of drug-likeness (QED) is 0.908. The Morgan fingerprint density at radius 2 is 2.20 bits per heavy atom. The molecule has 0 fully saturated rings. The second kappa shape index (κ2) is 6.42. The monoisotopic (exact) mass is 336 g/mol. The topological polar surface area (TPSA) is 76.9 Å². The summed E-state index contributed by atoms with van der Waals surface area (Å²) >= 11 is 3.26. The van der Waals surface area contributed by atoms with E-state index < -0.39 is 0 Å². The van der Waals surface area contributed by atoms with Gasteiger partial charge in [0.1, 0.15) is 0 Å².